The van der Waals surface area contributed by atoms with Crippen LogP contribution < -0.4 is 20.3 Å². The first-order valence-corrected chi connectivity index (χ1v) is 12.6. The van der Waals surface area contributed by atoms with Crippen LogP contribution in [0.1, 0.15) is 42.1 Å². The smallest absolute Gasteiger partial charge is 0.236 e. The number of anilines is 2. The molecule has 1 fully saturated rings. The fourth-order valence-electron chi connectivity index (χ4n) is 5.19. The number of carbonyl (C=O) groups excluding carboxylic acids is 1. The van der Waals surface area contributed by atoms with Crippen molar-refractivity contribution in [3.05, 3.63) is 87.9 Å². The summed E-state index contributed by atoms with van der Waals surface area (Å²) in [7, 11) is 0. The first kappa shape index (κ1) is 23.6. The predicted octanol–water partition coefficient (Wildman–Crippen LogP) is 6.32. The molecule has 1 saturated heterocycles. The Labute approximate surface area is 216 Å². The lowest BCUT2D eigenvalue weighted by Gasteiger charge is -2.56. The van der Waals surface area contributed by atoms with Gasteiger partial charge in [0.1, 0.15) is 11.7 Å². The van der Waals surface area contributed by atoms with E-state index in [-0.39, 0.29) is 5.91 Å². The molecule has 0 aromatic heterocycles. The zero-order valence-electron chi connectivity index (χ0n) is 20.2. The van der Waals surface area contributed by atoms with Crippen LogP contribution in [0, 0.1) is 19.8 Å². The van der Waals surface area contributed by atoms with E-state index in [0.717, 1.165) is 34.5 Å². The first-order valence-electron chi connectivity index (χ1n) is 11.8. The highest BCUT2D eigenvalue weighted by atomic mass is 35.5. The van der Waals surface area contributed by atoms with Crippen LogP contribution in [-0.4, -0.2) is 16.7 Å². The van der Waals surface area contributed by atoms with Gasteiger partial charge in [-0.3, -0.25) is 9.69 Å². The lowest BCUT2D eigenvalue weighted by molar-refractivity contribution is -0.130. The number of nitrogens with one attached hydrogen (secondary N) is 2. The average Bonchev–Trinajstić information content (AvgIpc) is 2.81. The molecule has 3 aromatic carbocycles. The molecule has 5 rings (SSSR count). The Bertz CT molecular complexity index is 1330. The van der Waals surface area contributed by atoms with Crippen molar-refractivity contribution in [3.63, 3.8) is 0 Å². The average molecular weight is 506 g/mol. The Hall–Kier alpha value is -3.09. The zero-order chi connectivity index (χ0) is 24.9. The third-order valence-electron chi connectivity index (χ3n) is 6.98. The lowest BCUT2D eigenvalue weighted by atomic mass is 9.78. The number of hydrogen-bond donors (Lipinski definition) is 2. The van der Waals surface area contributed by atoms with E-state index in [2.05, 4.69) is 35.8 Å². The van der Waals surface area contributed by atoms with Gasteiger partial charge in [-0.15, -0.1) is 0 Å². The maximum absolute atomic E-state index is 14.0. The summed E-state index contributed by atoms with van der Waals surface area (Å²) in [5.74, 6) is -0.0883. The van der Waals surface area contributed by atoms with E-state index in [0.29, 0.717) is 15.9 Å². The standard InChI is InChI=1S/C28H28ClN3O2S/c1-5-18-7-10-20(11-8-18)32-27(35)31-25-21-15-19(29)9-13-23(21)34-28(32,4)24(25)26(33)30-22-12-6-16(2)14-17(22)3/h6-15,24-25H,5H2,1-4H3,(H,30,33)(H,31,35)/t24-,25+,28-/m0/s1. The molecular weight excluding hydrogens is 478 g/mol. The summed E-state index contributed by atoms with van der Waals surface area (Å²) >= 11 is 12.2. The molecule has 7 heteroatoms. The van der Waals surface area contributed by atoms with E-state index in [4.69, 9.17) is 28.6 Å². The van der Waals surface area contributed by atoms with E-state index < -0.39 is 17.7 Å². The normalized spacial score (nSPS) is 22.7. The topological polar surface area (TPSA) is 53.6 Å². The van der Waals surface area contributed by atoms with Gasteiger partial charge in [-0.1, -0.05) is 48.4 Å². The van der Waals surface area contributed by atoms with Crippen LogP contribution in [0.4, 0.5) is 11.4 Å². The number of amides is 1. The largest absolute Gasteiger partial charge is 0.467 e. The highest BCUT2D eigenvalue weighted by molar-refractivity contribution is 7.80. The minimum Gasteiger partial charge on any atom is -0.467 e. The third kappa shape index (κ3) is 4.05. The van der Waals surface area contributed by atoms with Crippen molar-refractivity contribution >= 4 is 46.2 Å². The molecule has 0 aliphatic carbocycles. The molecular formula is C28H28ClN3O2S. The van der Waals surface area contributed by atoms with Crippen LogP contribution >= 0.6 is 23.8 Å². The summed E-state index contributed by atoms with van der Waals surface area (Å²) in [4.78, 5) is 15.9. The molecule has 35 heavy (non-hydrogen) atoms. The molecule has 0 saturated carbocycles. The number of rotatable bonds is 4. The molecule has 180 valence electrons. The Balaban J connectivity index is 1.61. The Morgan fingerprint density at radius 1 is 1.14 bits per heavy atom. The number of aryl methyl sites for hydroxylation is 3. The Morgan fingerprint density at radius 2 is 1.89 bits per heavy atom. The van der Waals surface area contributed by atoms with E-state index in [1.54, 1.807) is 6.07 Å². The summed E-state index contributed by atoms with van der Waals surface area (Å²) in [5, 5.41) is 7.66. The van der Waals surface area contributed by atoms with E-state index in [1.807, 2.05) is 62.1 Å². The Morgan fingerprint density at radius 3 is 2.57 bits per heavy atom. The quantitative estimate of drug-likeness (QED) is 0.406. The van der Waals surface area contributed by atoms with Gasteiger partial charge in [-0.25, -0.2) is 0 Å². The van der Waals surface area contributed by atoms with Gasteiger partial charge in [0.2, 0.25) is 5.91 Å². The van der Waals surface area contributed by atoms with Gasteiger partial charge in [-0.2, -0.15) is 0 Å². The summed E-state index contributed by atoms with van der Waals surface area (Å²) in [6.07, 6.45) is 0.938. The lowest BCUT2D eigenvalue weighted by Crippen LogP contribution is -2.72. The van der Waals surface area contributed by atoms with Crippen LogP contribution in [0.25, 0.3) is 0 Å². The van der Waals surface area contributed by atoms with E-state index in [9.17, 15) is 4.79 Å². The molecule has 3 aromatic rings. The molecule has 2 aliphatic heterocycles. The van der Waals surface area contributed by atoms with Gasteiger partial charge in [0, 0.05) is 22.0 Å². The van der Waals surface area contributed by atoms with Crippen molar-refractivity contribution in [1.29, 1.82) is 0 Å². The minimum absolute atomic E-state index is 0.153. The van der Waals surface area contributed by atoms with Gasteiger partial charge < -0.3 is 15.4 Å². The van der Waals surface area contributed by atoms with Crippen LogP contribution in [0.3, 0.4) is 0 Å². The van der Waals surface area contributed by atoms with E-state index in [1.165, 1.54) is 5.56 Å². The molecule has 0 radical (unpaired) electrons. The van der Waals surface area contributed by atoms with Gasteiger partial charge in [0.15, 0.2) is 10.8 Å². The number of fused-ring (bicyclic) bond motifs is 4. The van der Waals surface area contributed by atoms with Crippen LogP contribution in [0.5, 0.6) is 5.75 Å². The molecule has 3 atom stereocenters. The molecule has 1 amide bonds. The van der Waals surface area contributed by atoms with Crippen LogP contribution in [0.2, 0.25) is 5.02 Å². The number of nitrogens with zero attached hydrogens (tertiary/aromatic N) is 1. The second-order valence-electron chi connectivity index (χ2n) is 9.41. The zero-order valence-corrected chi connectivity index (χ0v) is 21.8. The van der Waals surface area contributed by atoms with Crippen molar-refractivity contribution < 1.29 is 9.53 Å². The Kier molecular flexibility index (Phi) is 5.98. The number of thiocarbonyl (C=S) groups is 1. The summed E-state index contributed by atoms with van der Waals surface area (Å²) in [5.41, 5.74) is 4.76. The van der Waals surface area contributed by atoms with Crippen molar-refractivity contribution in [2.75, 3.05) is 10.2 Å². The molecule has 0 unspecified atom stereocenters. The highest BCUT2D eigenvalue weighted by Crippen LogP contribution is 2.50. The van der Waals surface area contributed by atoms with Gasteiger partial charge in [0.25, 0.3) is 0 Å². The molecule has 2 bridgehead atoms. The summed E-state index contributed by atoms with van der Waals surface area (Å²) < 4.78 is 6.64. The minimum atomic E-state index is -1.07. The number of carbonyl (C=O) groups is 1. The second-order valence-corrected chi connectivity index (χ2v) is 10.2. The van der Waals surface area contributed by atoms with E-state index >= 15 is 0 Å². The molecule has 5 nitrogen and oxygen atoms in total. The summed E-state index contributed by atoms with van der Waals surface area (Å²) in [6, 6.07) is 19.3. The van der Waals surface area contributed by atoms with Gasteiger partial charge in [-0.05, 0) is 86.9 Å². The monoisotopic (exact) mass is 505 g/mol. The number of halogens is 1. The van der Waals surface area contributed by atoms with Crippen molar-refractivity contribution in [1.82, 2.24) is 5.32 Å². The highest BCUT2D eigenvalue weighted by Gasteiger charge is 2.59. The number of ether oxygens (including phenoxy) is 1. The van der Waals surface area contributed by atoms with Crippen LogP contribution in [-0.2, 0) is 11.2 Å². The van der Waals surface area contributed by atoms with Crippen molar-refractivity contribution in [2.24, 2.45) is 5.92 Å². The SMILES string of the molecule is CCc1ccc(N2C(=S)N[C@@H]3c4cc(Cl)ccc4O[C@@]2(C)[C@@H]3C(=O)Nc2ccc(C)cc2C)cc1. The molecule has 2 N–H and O–H groups in total. The van der Waals surface area contributed by atoms with Crippen molar-refractivity contribution in [3.8, 4) is 5.75 Å². The predicted molar refractivity (Wildman–Crippen MR) is 145 cm³/mol. The van der Waals surface area contributed by atoms with Crippen LogP contribution in [0.15, 0.2) is 60.7 Å². The maximum Gasteiger partial charge on any atom is 0.236 e. The van der Waals surface area contributed by atoms with Gasteiger partial charge in [0.05, 0.1) is 6.04 Å². The maximum atomic E-state index is 14.0. The number of hydrogen-bond acceptors (Lipinski definition) is 3. The molecule has 0 spiro atoms. The fourth-order valence-corrected chi connectivity index (χ4v) is 5.78. The molecule has 2 heterocycles. The first-order chi connectivity index (χ1) is 16.7. The third-order valence-corrected chi connectivity index (χ3v) is 7.52. The summed E-state index contributed by atoms with van der Waals surface area (Å²) in [6.45, 7) is 8.08. The fraction of sp³-hybridized carbons (Fsp3) is 0.286. The van der Waals surface area contributed by atoms with Crippen molar-refractivity contribution in [2.45, 2.75) is 45.9 Å². The second kappa shape index (κ2) is 8.85. The molecule has 2 aliphatic rings. The number of benzene rings is 3. The van der Waals surface area contributed by atoms with Gasteiger partial charge >= 0.3 is 0 Å².